The number of hydrogen-bond donors (Lipinski definition) is 1. The van der Waals surface area contributed by atoms with E-state index in [1.807, 2.05) is 62.7 Å². The van der Waals surface area contributed by atoms with Gasteiger partial charge in [-0.15, -0.1) is 5.11 Å². The number of rotatable bonds is 5. The van der Waals surface area contributed by atoms with E-state index in [1.54, 1.807) is 0 Å². The number of nitrogens with one attached hydrogen (secondary N) is 1. The van der Waals surface area contributed by atoms with Crippen molar-refractivity contribution < 1.29 is 4.57 Å². The third kappa shape index (κ3) is 4.58. The van der Waals surface area contributed by atoms with Crippen LogP contribution in [0.2, 0.25) is 0 Å². The Morgan fingerprint density at radius 3 is 2.36 bits per heavy atom. The predicted octanol–water partition coefficient (Wildman–Crippen LogP) is 5.17. The van der Waals surface area contributed by atoms with E-state index >= 15 is 0 Å². The lowest BCUT2D eigenvalue weighted by molar-refractivity contribution is -0.693. The van der Waals surface area contributed by atoms with E-state index in [1.165, 1.54) is 0 Å². The van der Waals surface area contributed by atoms with E-state index in [9.17, 15) is 0 Å². The van der Waals surface area contributed by atoms with Crippen LogP contribution in [0.5, 0.6) is 0 Å². The normalized spacial score (nSPS) is 10.2. The van der Waals surface area contributed by atoms with E-state index in [0.717, 1.165) is 29.8 Å². The first-order chi connectivity index (χ1) is 10.8. The topological polar surface area (TPSA) is 53.0 Å². The Labute approximate surface area is 133 Å². The number of hydrogen-bond acceptors (Lipinski definition) is 3. The maximum absolute atomic E-state index is 7.27. The molecule has 1 N–H and O–H groups in total. The van der Waals surface area contributed by atoms with Crippen LogP contribution < -0.4 is 4.57 Å². The first-order valence-corrected chi connectivity index (χ1v) is 7.83. The van der Waals surface area contributed by atoms with Crippen molar-refractivity contribution in [1.29, 1.82) is 5.53 Å². The van der Waals surface area contributed by atoms with Crippen molar-refractivity contribution >= 4 is 11.9 Å². The second kappa shape index (κ2) is 9.55. The van der Waals surface area contributed by atoms with Gasteiger partial charge in [0.1, 0.15) is 6.54 Å². The third-order valence-electron chi connectivity index (χ3n) is 3.10. The Hall–Kier alpha value is -2.36. The van der Waals surface area contributed by atoms with Gasteiger partial charge in [0.25, 0.3) is 0 Å². The quantitative estimate of drug-likeness (QED) is 0.601. The lowest BCUT2D eigenvalue weighted by Gasteiger charge is -2.03. The second-order valence-electron chi connectivity index (χ2n) is 4.45. The van der Waals surface area contributed by atoms with Crippen LogP contribution in [0, 0.1) is 5.53 Å². The molecule has 22 heavy (non-hydrogen) atoms. The second-order valence-corrected chi connectivity index (χ2v) is 4.45. The van der Waals surface area contributed by atoms with Crippen molar-refractivity contribution in [2.75, 3.05) is 0 Å². The molecule has 0 aliphatic heterocycles. The van der Waals surface area contributed by atoms with Gasteiger partial charge in [0.15, 0.2) is 18.2 Å². The summed E-state index contributed by atoms with van der Waals surface area (Å²) in [5, 5.41) is 3.53. The molecule has 0 radical (unpaired) electrons. The summed E-state index contributed by atoms with van der Waals surface area (Å²) in [4.78, 5) is 4.46. The number of aryl methyl sites for hydroxylation is 1. The summed E-state index contributed by atoms with van der Waals surface area (Å²) in [5.74, 6) is 0.458. The molecule has 2 rings (SSSR count). The molecule has 2 aromatic heterocycles. The molecule has 4 heteroatoms. The highest BCUT2D eigenvalue weighted by molar-refractivity contribution is 5.66. The van der Waals surface area contributed by atoms with Crippen molar-refractivity contribution in [3.8, 4) is 11.3 Å². The van der Waals surface area contributed by atoms with Crippen molar-refractivity contribution in [2.24, 2.45) is 5.11 Å². The summed E-state index contributed by atoms with van der Waals surface area (Å²) in [7, 11) is 0. The van der Waals surface area contributed by atoms with Gasteiger partial charge in [-0.25, -0.2) is 15.1 Å². The minimum Gasteiger partial charge on any atom is -0.226 e. The Kier molecular flexibility index (Phi) is 7.68. The molecule has 0 aromatic carbocycles. The minimum atomic E-state index is 0.458. The smallest absolute Gasteiger partial charge is 0.181 e. The zero-order valence-electron chi connectivity index (χ0n) is 13.9. The zero-order valence-corrected chi connectivity index (χ0v) is 13.9. The van der Waals surface area contributed by atoms with Gasteiger partial charge >= 0.3 is 0 Å². The van der Waals surface area contributed by atoms with Crippen LogP contribution >= 0.6 is 0 Å². The SMILES string of the molecule is CC.CC/C=C\c1ccc(-c2cc[n+](CC)cc2)nc1N=N. The predicted molar refractivity (Wildman–Crippen MR) is 91.0 cm³/mol. The summed E-state index contributed by atoms with van der Waals surface area (Å²) in [6, 6.07) is 7.99. The average Bonchev–Trinajstić information content (AvgIpc) is 2.61. The van der Waals surface area contributed by atoms with Gasteiger partial charge < -0.3 is 0 Å². The van der Waals surface area contributed by atoms with Crippen LogP contribution in [0.3, 0.4) is 0 Å². The molecular weight excluding hydrogens is 272 g/mol. The van der Waals surface area contributed by atoms with Crippen LogP contribution in [0.15, 0.2) is 47.8 Å². The first kappa shape index (κ1) is 17.7. The number of pyridine rings is 2. The van der Waals surface area contributed by atoms with E-state index < -0.39 is 0 Å². The molecule has 0 aliphatic carbocycles. The Balaban J connectivity index is 0.00000116. The van der Waals surface area contributed by atoms with Crippen molar-refractivity contribution in [1.82, 2.24) is 4.98 Å². The monoisotopic (exact) mass is 297 g/mol. The highest BCUT2D eigenvalue weighted by Gasteiger charge is 2.06. The van der Waals surface area contributed by atoms with Gasteiger partial charge in [-0.3, -0.25) is 0 Å². The zero-order chi connectivity index (χ0) is 16.4. The molecule has 116 valence electrons. The van der Waals surface area contributed by atoms with Crippen LogP contribution in [0.1, 0.15) is 39.7 Å². The molecule has 2 aromatic rings. The van der Waals surface area contributed by atoms with Crippen LogP contribution in [-0.2, 0) is 6.54 Å². The number of nitrogens with zero attached hydrogens (tertiary/aromatic N) is 3. The van der Waals surface area contributed by atoms with Gasteiger partial charge in [0, 0.05) is 23.3 Å². The molecule has 0 spiro atoms. The molecule has 0 saturated heterocycles. The molecule has 0 unspecified atom stereocenters. The highest BCUT2D eigenvalue weighted by Crippen LogP contribution is 2.24. The largest absolute Gasteiger partial charge is 0.226 e. The molecule has 4 nitrogen and oxygen atoms in total. The molecule has 0 aliphatic rings. The Morgan fingerprint density at radius 1 is 1.14 bits per heavy atom. The van der Waals surface area contributed by atoms with E-state index in [2.05, 4.69) is 28.5 Å². The summed E-state index contributed by atoms with van der Waals surface area (Å²) in [5.41, 5.74) is 10.0. The fourth-order valence-electron chi connectivity index (χ4n) is 1.92. The molecule has 0 amide bonds. The molecule has 0 fully saturated rings. The maximum Gasteiger partial charge on any atom is 0.181 e. The Bertz CT molecular complexity index is 615. The van der Waals surface area contributed by atoms with Crippen LogP contribution in [0.4, 0.5) is 5.82 Å². The summed E-state index contributed by atoms with van der Waals surface area (Å²) in [6.07, 6.45) is 9.01. The average molecular weight is 297 g/mol. The lowest BCUT2D eigenvalue weighted by atomic mass is 10.1. The van der Waals surface area contributed by atoms with E-state index in [4.69, 9.17) is 5.53 Å². The number of allylic oxidation sites excluding steroid dienone is 1. The highest BCUT2D eigenvalue weighted by atomic mass is 15.0. The lowest BCUT2D eigenvalue weighted by Crippen LogP contribution is -2.30. The first-order valence-electron chi connectivity index (χ1n) is 7.83. The van der Waals surface area contributed by atoms with Crippen LogP contribution in [0.25, 0.3) is 17.3 Å². The summed E-state index contributed by atoms with van der Waals surface area (Å²) < 4.78 is 2.09. The summed E-state index contributed by atoms with van der Waals surface area (Å²) in [6.45, 7) is 9.12. The summed E-state index contributed by atoms with van der Waals surface area (Å²) >= 11 is 0. The van der Waals surface area contributed by atoms with Gasteiger partial charge in [-0.2, -0.15) is 0 Å². The van der Waals surface area contributed by atoms with Crippen LogP contribution in [-0.4, -0.2) is 4.98 Å². The molecular formula is C18H25N4+. The molecule has 0 saturated carbocycles. The van der Waals surface area contributed by atoms with Crippen molar-refractivity contribution in [2.45, 2.75) is 40.7 Å². The van der Waals surface area contributed by atoms with Crippen molar-refractivity contribution in [3.63, 3.8) is 0 Å². The van der Waals surface area contributed by atoms with E-state index in [0.29, 0.717) is 5.82 Å². The fraction of sp³-hybridized carbons (Fsp3) is 0.333. The minimum absolute atomic E-state index is 0.458. The molecule has 0 bridgehead atoms. The van der Waals surface area contributed by atoms with Gasteiger partial charge in [-0.05, 0) is 25.5 Å². The van der Waals surface area contributed by atoms with Crippen molar-refractivity contribution in [3.05, 3.63) is 48.3 Å². The maximum atomic E-state index is 7.27. The fourth-order valence-corrected chi connectivity index (χ4v) is 1.92. The van der Waals surface area contributed by atoms with E-state index in [-0.39, 0.29) is 0 Å². The van der Waals surface area contributed by atoms with Gasteiger partial charge in [0.05, 0.1) is 5.69 Å². The molecule has 0 atom stereocenters. The molecule has 2 heterocycles. The standard InChI is InChI=1S/C16H19N4.C2H6/c1-3-5-6-14-7-8-15(18-16(14)19-17)13-9-11-20(4-2)12-10-13;1-2/h5-12,17H,3-4H2,1-2H3;1-2H3/q+1;/b6-5-,19-17?;. The van der Waals surface area contributed by atoms with Gasteiger partial charge in [0.2, 0.25) is 0 Å². The number of aromatic nitrogens is 2. The van der Waals surface area contributed by atoms with Gasteiger partial charge in [-0.1, -0.05) is 32.9 Å². The Morgan fingerprint density at radius 2 is 1.82 bits per heavy atom. The third-order valence-corrected chi connectivity index (χ3v) is 3.10.